The molecule has 0 spiro atoms. The first-order valence-corrected chi connectivity index (χ1v) is 7.69. The molecule has 0 aliphatic carbocycles. The summed E-state index contributed by atoms with van der Waals surface area (Å²) < 4.78 is 6.59. The minimum atomic E-state index is -0.364. The van der Waals surface area contributed by atoms with E-state index < -0.39 is 0 Å². The summed E-state index contributed by atoms with van der Waals surface area (Å²) in [5, 5.41) is 3.83. The topological polar surface area (TPSA) is 51.2 Å². The highest BCUT2D eigenvalue weighted by molar-refractivity contribution is 9.11. The molecular weight excluding hydrogens is 396 g/mol. The highest BCUT2D eigenvalue weighted by Gasteiger charge is 2.16. The predicted molar refractivity (Wildman–Crippen MR) is 83.3 cm³/mol. The van der Waals surface area contributed by atoms with Crippen molar-refractivity contribution in [2.75, 3.05) is 12.4 Å². The van der Waals surface area contributed by atoms with Crippen LogP contribution in [0.25, 0.3) is 0 Å². The lowest BCUT2D eigenvalue weighted by Crippen LogP contribution is -1.99. The number of carbonyl (C=O) groups excluding carboxylic acids is 1. The number of methoxy groups -OCH3 is 1. The van der Waals surface area contributed by atoms with Gasteiger partial charge in [0, 0.05) is 8.95 Å². The van der Waals surface area contributed by atoms with Crippen molar-refractivity contribution < 1.29 is 9.53 Å². The molecule has 0 aliphatic rings. The number of nitrogens with zero attached hydrogens (tertiary/aromatic N) is 1. The minimum Gasteiger partial charge on any atom is -0.465 e. The van der Waals surface area contributed by atoms with Crippen molar-refractivity contribution in [2.45, 2.75) is 6.92 Å². The minimum absolute atomic E-state index is 0.364. The maximum absolute atomic E-state index is 11.5. The van der Waals surface area contributed by atoms with Crippen LogP contribution in [0.5, 0.6) is 0 Å². The summed E-state index contributed by atoms with van der Waals surface area (Å²) in [6, 6.07) is 5.79. The maximum atomic E-state index is 11.5. The Bertz CT molecular complexity index is 628. The van der Waals surface area contributed by atoms with E-state index in [4.69, 9.17) is 4.74 Å². The molecule has 7 heteroatoms. The van der Waals surface area contributed by atoms with Gasteiger partial charge in [0.05, 0.1) is 18.5 Å². The van der Waals surface area contributed by atoms with Crippen molar-refractivity contribution in [2.24, 2.45) is 0 Å². The van der Waals surface area contributed by atoms with Crippen molar-refractivity contribution in [1.29, 1.82) is 0 Å². The average molecular weight is 406 g/mol. The fraction of sp³-hybridized carbons (Fsp3) is 0.167. The van der Waals surface area contributed by atoms with E-state index in [2.05, 4.69) is 42.2 Å². The van der Waals surface area contributed by atoms with Gasteiger partial charge in [-0.25, -0.2) is 9.78 Å². The summed E-state index contributed by atoms with van der Waals surface area (Å²) in [6.07, 6.45) is 0. The molecular formula is C12H10Br2N2O2S. The summed E-state index contributed by atoms with van der Waals surface area (Å²) in [5.74, 6) is -0.364. The van der Waals surface area contributed by atoms with Crippen LogP contribution >= 0.6 is 43.2 Å². The van der Waals surface area contributed by atoms with Crippen LogP contribution < -0.4 is 5.32 Å². The monoisotopic (exact) mass is 404 g/mol. The van der Waals surface area contributed by atoms with Crippen molar-refractivity contribution >= 4 is 60.0 Å². The number of benzene rings is 1. The first-order valence-electron chi connectivity index (χ1n) is 5.29. The van der Waals surface area contributed by atoms with Gasteiger partial charge in [-0.1, -0.05) is 27.3 Å². The van der Waals surface area contributed by atoms with Crippen molar-refractivity contribution in [3.63, 3.8) is 0 Å². The Morgan fingerprint density at radius 2 is 2.16 bits per heavy atom. The Labute approximate surface area is 131 Å². The lowest BCUT2D eigenvalue weighted by molar-refractivity contribution is 0.0605. The Morgan fingerprint density at radius 3 is 2.84 bits per heavy atom. The van der Waals surface area contributed by atoms with E-state index in [-0.39, 0.29) is 5.97 Å². The number of rotatable bonds is 3. The van der Waals surface area contributed by atoms with Gasteiger partial charge in [-0.05, 0) is 41.1 Å². The summed E-state index contributed by atoms with van der Waals surface area (Å²) in [5.41, 5.74) is 1.53. The molecule has 19 heavy (non-hydrogen) atoms. The SMILES string of the molecule is COC(=O)c1sc(Nc2cc(Br)ccc2Br)nc1C. The molecule has 100 valence electrons. The number of hydrogen-bond donors (Lipinski definition) is 1. The number of aromatic nitrogens is 1. The number of thiazole rings is 1. The van der Waals surface area contributed by atoms with Crippen LogP contribution in [-0.4, -0.2) is 18.1 Å². The molecule has 2 aromatic rings. The smallest absolute Gasteiger partial charge is 0.350 e. The number of hydrogen-bond acceptors (Lipinski definition) is 5. The molecule has 0 saturated carbocycles. The van der Waals surface area contributed by atoms with Gasteiger partial charge in [0.1, 0.15) is 4.88 Å². The Hall–Kier alpha value is -0.920. The number of ether oxygens (including phenoxy) is 1. The molecule has 0 bridgehead atoms. The molecule has 0 unspecified atom stereocenters. The fourth-order valence-electron chi connectivity index (χ4n) is 1.44. The van der Waals surface area contributed by atoms with Crippen LogP contribution in [0.15, 0.2) is 27.1 Å². The number of carbonyl (C=O) groups is 1. The molecule has 0 amide bonds. The lowest BCUT2D eigenvalue weighted by atomic mass is 10.3. The third-order valence-corrected chi connectivity index (χ3v) is 4.58. The van der Waals surface area contributed by atoms with Gasteiger partial charge in [0.15, 0.2) is 5.13 Å². The van der Waals surface area contributed by atoms with E-state index in [1.807, 2.05) is 18.2 Å². The number of anilines is 2. The number of nitrogens with one attached hydrogen (secondary N) is 1. The zero-order valence-electron chi connectivity index (χ0n) is 10.2. The van der Waals surface area contributed by atoms with Gasteiger partial charge in [-0.2, -0.15) is 0 Å². The summed E-state index contributed by atoms with van der Waals surface area (Å²) in [6.45, 7) is 1.78. The lowest BCUT2D eigenvalue weighted by Gasteiger charge is -2.05. The second kappa shape index (κ2) is 6.02. The largest absolute Gasteiger partial charge is 0.465 e. The third kappa shape index (κ3) is 3.34. The summed E-state index contributed by atoms with van der Waals surface area (Å²) >= 11 is 8.14. The van der Waals surface area contributed by atoms with Gasteiger partial charge < -0.3 is 10.1 Å². The quantitative estimate of drug-likeness (QED) is 0.763. The number of esters is 1. The number of halogens is 2. The predicted octanol–water partition coefficient (Wildman–Crippen LogP) is 4.51. The Balaban J connectivity index is 2.29. The highest BCUT2D eigenvalue weighted by atomic mass is 79.9. The molecule has 4 nitrogen and oxygen atoms in total. The molecule has 1 N–H and O–H groups in total. The van der Waals surface area contributed by atoms with E-state index in [1.54, 1.807) is 6.92 Å². The van der Waals surface area contributed by atoms with E-state index in [0.717, 1.165) is 14.6 Å². The van der Waals surface area contributed by atoms with Crippen molar-refractivity contribution in [3.8, 4) is 0 Å². The van der Waals surface area contributed by atoms with Crippen molar-refractivity contribution in [3.05, 3.63) is 37.7 Å². The Morgan fingerprint density at radius 1 is 1.42 bits per heavy atom. The van der Waals surface area contributed by atoms with E-state index >= 15 is 0 Å². The summed E-state index contributed by atoms with van der Waals surface area (Å²) in [7, 11) is 1.36. The molecule has 0 fully saturated rings. The van der Waals surface area contributed by atoms with Crippen LogP contribution in [0.3, 0.4) is 0 Å². The average Bonchev–Trinajstić information content (AvgIpc) is 2.74. The molecule has 0 atom stereocenters. The molecule has 0 saturated heterocycles. The zero-order chi connectivity index (χ0) is 14.0. The fourth-order valence-corrected chi connectivity index (χ4v) is 3.04. The highest BCUT2D eigenvalue weighted by Crippen LogP contribution is 2.31. The van der Waals surface area contributed by atoms with Gasteiger partial charge in [-0.3, -0.25) is 0 Å². The van der Waals surface area contributed by atoms with Crippen LogP contribution in [-0.2, 0) is 4.74 Å². The maximum Gasteiger partial charge on any atom is 0.350 e. The molecule has 0 radical (unpaired) electrons. The van der Waals surface area contributed by atoms with Gasteiger partial charge in [0.25, 0.3) is 0 Å². The first kappa shape index (κ1) is 14.5. The van der Waals surface area contributed by atoms with E-state index in [1.165, 1.54) is 18.4 Å². The number of aryl methyl sites for hydroxylation is 1. The van der Waals surface area contributed by atoms with Gasteiger partial charge in [-0.15, -0.1) is 0 Å². The van der Waals surface area contributed by atoms with Crippen LogP contribution in [0.1, 0.15) is 15.4 Å². The molecule has 1 aromatic carbocycles. The van der Waals surface area contributed by atoms with Crippen molar-refractivity contribution in [1.82, 2.24) is 4.98 Å². The first-order chi connectivity index (χ1) is 9.01. The summed E-state index contributed by atoms with van der Waals surface area (Å²) in [4.78, 5) is 16.4. The zero-order valence-corrected chi connectivity index (χ0v) is 14.1. The second-order valence-corrected chi connectivity index (χ2v) is 6.44. The molecule has 0 aliphatic heterocycles. The van der Waals surface area contributed by atoms with Crippen LogP contribution in [0.4, 0.5) is 10.8 Å². The van der Waals surface area contributed by atoms with E-state index in [0.29, 0.717) is 15.7 Å². The van der Waals surface area contributed by atoms with E-state index in [9.17, 15) is 4.79 Å². The molecule has 1 heterocycles. The van der Waals surface area contributed by atoms with Gasteiger partial charge in [0.2, 0.25) is 0 Å². The van der Waals surface area contributed by atoms with Gasteiger partial charge >= 0.3 is 5.97 Å². The third-order valence-electron chi connectivity index (χ3n) is 2.34. The second-order valence-electron chi connectivity index (χ2n) is 3.67. The molecule has 1 aromatic heterocycles. The Kier molecular flexibility index (Phi) is 4.59. The standard InChI is InChI=1S/C12H10Br2N2O2S/c1-6-10(11(17)18-2)19-12(15-6)16-9-5-7(13)3-4-8(9)14/h3-5H,1-2H3,(H,15,16). The normalized spacial score (nSPS) is 10.3. The van der Waals surface area contributed by atoms with Crippen LogP contribution in [0.2, 0.25) is 0 Å². The molecule has 2 rings (SSSR count). The van der Waals surface area contributed by atoms with Crippen LogP contribution in [0, 0.1) is 6.92 Å².